The summed E-state index contributed by atoms with van der Waals surface area (Å²) >= 11 is 13.7. The van der Waals surface area contributed by atoms with Crippen LogP contribution in [0.4, 0.5) is 16.5 Å². The fraction of sp³-hybridized carbons (Fsp3) is 0.0769. The lowest BCUT2D eigenvalue weighted by Gasteiger charge is -2.11. The topological polar surface area (TPSA) is 120 Å². The molecule has 0 radical (unpaired) electrons. The predicted molar refractivity (Wildman–Crippen MR) is 156 cm³/mol. The van der Waals surface area contributed by atoms with Crippen LogP contribution < -0.4 is 15.9 Å². The van der Waals surface area contributed by atoms with Crippen LogP contribution in [0.1, 0.15) is 10.4 Å². The van der Waals surface area contributed by atoms with Crippen LogP contribution in [0.3, 0.4) is 0 Å². The van der Waals surface area contributed by atoms with Crippen LogP contribution in [0.5, 0.6) is 5.88 Å². The van der Waals surface area contributed by atoms with Gasteiger partial charge in [-0.3, -0.25) is 0 Å². The molecule has 13 heteroatoms. The number of thiazole rings is 1. The van der Waals surface area contributed by atoms with Crippen molar-refractivity contribution < 1.29 is 13.5 Å². The quantitative estimate of drug-likeness (QED) is 0.333. The molecule has 1 aliphatic heterocycles. The standard InChI is InChI=1S/C26H20Cl2N6O3S2/c1-34(2)39(36,37)17-9-7-16(8-10-17)31-24-18-12-15(6-11-21(18)29-14-30-24)13-22-25(35)33-26(38-22)32-23-19(27)4-3-5-20(23)28/h3-14,35H,1-2H3,(H,32,33)/b15-13+,31-24?. The highest BCUT2D eigenvalue weighted by atomic mass is 35.5. The molecule has 198 valence electrons. The van der Waals surface area contributed by atoms with Gasteiger partial charge in [0.05, 0.1) is 36.5 Å². The van der Waals surface area contributed by atoms with Crippen molar-refractivity contribution in [2.45, 2.75) is 4.90 Å². The molecule has 0 saturated carbocycles. The summed E-state index contributed by atoms with van der Waals surface area (Å²) in [6.07, 6.45) is 3.20. The summed E-state index contributed by atoms with van der Waals surface area (Å²) in [6, 6.07) is 16.9. The lowest BCUT2D eigenvalue weighted by molar-refractivity contribution is 0.457. The zero-order valence-corrected chi connectivity index (χ0v) is 23.6. The first-order valence-electron chi connectivity index (χ1n) is 11.4. The monoisotopic (exact) mass is 598 g/mol. The average molecular weight is 600 g/mol. The van der Waals surface area contributed by atoms with Crippen molar-refractivity contribution in [2.75, 3.05) is 19.4 Å². The van der Waals surface area contributed by atoms with Crippen molar-refractivity contribution >= 4 is 79.3 Å². The Bertz CT molecular complexity index is 1850. The van der Waals surface area contributed by atoms with E-state index in [9.17, 15) is 13.5 Å². The maximum atomic E-state index is 12.3. The number of halogens is 2. The summed E-state index contributed by atoms with van der Waals surface area (Å²) in [4.78, 5) is 18.1. The van der Waals surface area contributed by atoms with Gasteiger partial charge >= 0.3 is 0 Å². The Labute approximate surface area is 238 Å². The Hall–Kier alpha value is -3.61. The minimum atomic E-state index is -3.54. The van der Waals surface area contributed by atoms with Crippen LogP contribution >= 0.6 is 34.5 Å². The highest BCUT2D eigenvalue weighted by Gasteiger charge is 2.17. The number of aromatic hydroxyl groups is 1. The first-order chi connectivity index (χ1) is 18.6. The predicted octanol–water partition coefficient (Wildman–Crippen LogP) is 4.72. The molecule has 39 heavy (non-hydrogen) atoms. The Balaban J connectivity index is 1.46. The van der Waals surface area contributed by atoms with E-state index in [2.05, 4.69) is 25.3 Å². The summed E-state index contributed by atoms with van der Waals surface area (Å²) in [5.41, 5.74) is 1.72. The SMILES string of the molecule is CN(C)S(=O)(=O)c1ccc(N=C2N=CN=c3cc/c(=C\c4sc(Nc5c(Cl)cccc5Cl)nc4O)cc32)cc1. The number of rotatable bonds is 6. The lowest BCUT2D eigenvalue weighted by atomic mass is 10.1. The summed E-state index contributed by atoms with van der Waals surface area (Å²) < 4.78 is 25.8. The molecule has 1 aromatic heterocycles. The van der Waals surface area contributed by atoms with Gasteiger partial charge in [-0.25, -0.2) is 27.7 Å². The zero-order chi connectivity index (χ0) is 27.7. The summed E-state index contributed by atoms with van der Waals surface area (Å²) in [7, 11) is -0.582. The highest BCUT2D eigenvalue weighted by Crippen LogP contribution is 2.36. The van der Waals surface area contributed by atoms with Crippen LogP contribution in [0.2, 0.25) is 10.0 Å². The van der Waals surface area contributed by atoms with Crippen molar-refractivity contribution in [3.05, 3.63) is 91.7 Å². The average Bonchev–Trinajstić information content (AvgIpc) is 3.25. The van der Waals surface area contributed by atoms with Crippen LogP contribution in [0, 0.1) is 0 Å². The third-order valence-electron chi connectivity index (χ3n) is 5.62. The second-order valence-corrected chi connectivity index (χ2v) is 12.4. The van der Waals surface area contributed by atoms with Gasteiger partial charge in [-0.2, -0.15) is 4.98 Å². The largest absolute Gasteiger partial charge is 0.492 e. The van der Waals surface area contributed by atoms with Gasteiger partial charge in [-0.15, -0.1) is 0 Å². The smallest absolute Gasteiger partial charge is 0.242 e. The summed E-state index contributed by atoms with van der Waals surface area (Å²) in [6.45, 7) is 0. The molecule has 0 atom stereocenters. The number of hydrogen-bond acceptors (Lipinski definition) is 8. The molecule has 0 bridgehead atoms. The Kier molecular flexibility index (Phi) is 7.52. The zero-order valence-electron chi connectivity index (χ0n) is 20.5. The first kappa shape index (κ1) is 27.0. The molecule has 0 spiro atoms. The third kappa shape index (κ3) is 5.72. The maximum Gasteiger partial charge on any atom is 0.242 e. The van der Waals surface area contributed by atoms with E-state index in [0.29, 0.717) is 48.2 Å². The molecule has 0 aliphatic carbocycles. The molecule has 9 nitrogen and oxygen atoms in total. The molecule has 0 saturated heterocycles. The van der Waals surface area contributed by atoms with Crippen molar-refractivity contribution in [1.82, 2.24) is 9.29 Å². The molecule has 4 aromatic rings. The normalized spacial score (nSPS) is 14.5. The number of amidine groups is 1. The van der Waals surface area contributed by atoms with Crippen molar-refractivity contribution in [3.63, 3.8) is 0 Å². The number of fused-ring (bicyclic) bond motifs is 1. The van der Waals surface area contributed by atoms with Gasteiger partial charge in [0.1, 0.15) is 6.34 Å². The number of nitrogens with one attached hydrogen (secondary N) is 1. The van der Waals surface area contributed by atoms with Crippen LogP contribution in [0.15, 0.2) is 80.5 Å². The van der Waals surface area contributed by atoms with E-state index >= 15 is 0 Å². The van der Waals surface area contributed by atoms with Gasteiger partial charge in [0.15, 0.2) is 11.0 Å². The molecule has 5 rings (SSSR count). The van der Waals surface area contributed by atoms with Crippen LogP contribution in [-0.2, 0) is 10.0 Å². The highest BCUT2D eigenvalue weighted by molar-refractivity contribution is 7.89. The van der Waals surface area contributed by atoms with Crippen molar-refractivity contribution in [2.24, 2.45) is 15.0 Å². The maximum absolute atomic E-state index is 12.3. The summed E-state index contributed by atoms with van der Waals surface area (Å²) in [5, 5.41) is 16.3. The van der Waals surface area contributed by atoms with Gasteiger partial charge in [0.25, 0.3) is 0 Å². The number of hydrogen-bond donors (Lipinski definition) is 2. The fourth-order valence-electron chi connectivity index (χ4n) is 3.61. The minimum absolute atomic E-state index is 0.146. The van der Waals surface area contributed by atoms with Gasteiger partial charge < -0.3 is 10.4 Å². The second-order valence-electron chi connectivity index (χ2n) is 8.44. The molecule has 2 N–H and O–H groups in total. The Morgan fingerprint density at radius 2 is 1.77 bits per heavy atom. The third-order valence-corrected chi connectivity index (χ3v) is 8.98. The van der Waals surface area contributed by atoms with E-state index in [1.165, 1.54) is 43.9 Å². The molecule has 0 unspecified atom stereocenters. The number of aromatic nitrogens is 1. The van der Waals surface area contributed by atoms with Gasteiger partial charge in [-0.1, -0.05) is 46.7 Å². The molecule has 2 heterocycles. The van der Waals surface area contributed by atoms with Gasteiger partial charge in [0, 0.05) is 19.7 Å². The van der Waals surface area contributed by atoms with E-state index in [1.54, 1.807) is 36.4 Å². The van der Waals surface area contributed by atoms with Crippen LogP contribution in [-0.4, -0.2) is 49.1 Å². The molecule has 0 amide bonds. The molecular formula is C26H20Cl2N6O3S2. The van der Waals surface area contributed by atoms with E-state index in [1.807, 2.05) is 18.2 Å². The van der Waals surface area contributed by atoms with Gasteiger partial charge in [-0.05, 0) is 59.8 Å². The fourth-order valence-corrected chi connectivity index (χ4v) is 5.83. The number of nitrogens with zero attached hydrogens (tertiary/aromatic N) is 5. The number of benzene rings is 3. The Morgan fingerprint density at radius 3 is 2.46 bits per heavy atom. The second kappa shape index (κ2) is 10.9. The molecule has 0 fully saturated rings. The number of para-hydroxylation sites is 1. The Morgan fingerprint density at radius 1 is 1.05 bits per heavy atom. The van der Waals surface area contributed by atoms with Gasteiger partial charge in [0.2, 0.25) is 15.9 Å². The van der Waals surface area contributed by atoms with E-state index in [4.69, 9.17) is 23.2 Å². The van der Waals surface area contributed by atoms with E-state index < -0.39 is 10.0 Å². The number of sulfonamides is 1. The minimum Gasteiger partial charge on any atom is -0.492 e. The lowest BCUT2D eigenvalue weighted by Crippen LogP contribution is -2.22. The summed E-state index contributed by atoms with van der Waals surface area (Å²) in [5.74, 6) is 0.274. The first-order valence-corrected chi connectivity index (χ1v) is 14.4. The van der Waals surface area contributed by atoms with E-state index in [0.717, 1.165) is 9.52 Å². The van der Waals surface area contributed by atoms with Crippen LogP contribution in [0.25, 0.3) is 6.08 Å². The molecule has 3 aromatic carbocycles. The van der Waals surface area contributed by atoms with E-state index in [-0.39, 0.29) is 10.8 Å². The van der Waals surface area contributed by atoms with Crippen molar-refractivity contribution in [1.29, 1.82) is 0 Å². The molecule has 1 aliphatic rings. The number of anilines is 2. The molecular weight excluding hydrogens is 579 g/mol. The van der Waals surface area contributed by atoms with Crippen molar-refractivity contribution in [3.8, 4) is 5.88 Å². The number of aliphatic imine (C=N–C) groups is 2.